The second kappa shape index (κ2) is 12.5. The van der Waals surface area contributed by atoms with E-state index in [4.69, 9.17) is 9.47 Å². The van der Waals surface area contributed by atoms with Crippen molar-refractivity contribution in [3.63, 3.8) is 0 Å². The van der Waals surface area contributed by atoms with Crippen LogP contribution in [0.25, 0.3) is 0 Å². The molecule has 1 fully saturated rings. The predicted octanol–water partition coefficient (Wildman–Crippen LogP) is 6.40. The van der Waals surface area contributed by atoms with E-state index >= 15 is 0 Å². The van der Waals surface area contributed by atoms with Gasteiger partial charge in [-0.3, -0.25) is 4.90 Å². The van der Waals surface area contributed by atoms with E-state index in [2.05, 4.69) is 21.2 Å². The number of hydrogen-bond donors (Lipinski definition) is 2. The zero-order valence-corrected chi connectivity index (χ0v) is 23.1. The maximum absolute atomic E-state index is 12.8. The van der Waals surface area contributed by atoms with E-state index in [1.807, 2.05) is 84.9 Å². The van der Waals surface area contributed by atoms with Crippen LogP contribution >= 0.6 is 15.9 Å². The van der Waals surface area contributed by atoms with Gasteiger partial charge in [0.05, 0.1) is 12.1 Å². The summed E-state index contributed by atoms with van der Waals surface area (Å²) in [6.45, 7) is 3.70. The molecule has 0 saturated carbocycles. The lowest BCUT2D eigenvalue weighted by Crippen LogP contribution is -2.49. The lowest BCUT2D eigenvalue weighted by atomic mass is 9.93. The summed E-state index contributed by atoms with van der Waals surface area (Å²) in [6.07, 6.45) is -0.525. The normalized spacial score (nSPS) is 19.1. The minimum Gasteiger partial charge on any atom is -0.465 e. The highest BCUT2D eigenvalue weighted by Gasteiger charge is 2.50. The summed E-state index contributed by atoms with van der Waals surface area (Å²) in [5, 5.41) is 13.1. The van der Waals surface area contributed by atoms with Gasteiger partial charge in [-0.2, -0.15) is 0 Å². The van der Waals surface area contributed by atoms with E-state index in [1.165, 1.54) is 4.90 Å². The molecule has 200 valence electrons. The number of ether oxygens (including phenoxy) is 2. The fourth-order valence-corrected chi connectivity index (χ4v) is 5.30. The molecule has 0 aliphatic carbocycles. The van der Waals surface area contributed by atoms with E-state index in [9.17, 15) is 14.7 Å². The fraction of sp³-hybridized carbons (Fsp3) is 0.333. The fourth-order valence-electron chi connectivity index (χ4n) is 5.04. The van der Waals surface area contributed by atoms with Crippen molar-refractivity contribution in [2.75, 3.05) is 0 Å². The zero-order valence-electron chi connectivity index (χ0n) is 21.5. The Balaban J connectivity index is 1.54. The van der Waals surface area contributed by atoms with Crippen LogP contribution in [0.4, 0.5) is 9.59 Å². The molecule has 3 aromatic rings. The van der Waals surface area contributed by atoms with Crippen LogP contribution in [0.3, 0.4) is 0 Å². The van der Waals surface area contributed by atoms with Gasteiger partial charge in [0.25, 0.3) is 0 Å². The van der Waals surface area contributed by atoms with Crippen LogP contribution in [-0.2, 0) is 28.9 Å². The van der Waals surface area contributed by atoms with Gasteiger partial charge in [0.2, 0.25) is 0 Å². The van der Waals surface area contributed by atoms with E-state index in [1.54, 1.807) is 13.8 Å². The van der Waals surface area contributed by atoms with Crippen molar-refractivity contribution >= 4 is 28.1 Å². The van der Waals surface area contributed by atoms with Crippen molar-refractivity contribution in [2.45, 2.75) is 63.6 Å². The van der Waals surface area contributed by atoms with E-state index in [0.29, 0.717) is 19.3 Å². The Bertz CT molecular complexity index is 1200. The molecule has 4 rings (SSSR count). The Morgan fingerprint density at radius 3 is 2.18 bits per heavy atom. The number of nitrogens with zero attached hydrogens (tertiary/aromatic N) is 1. The Kier molecular flexibility index (Phi) is 9.07. The first-order valence-electron chi connectivity index (χ1n) is 12.7. The van der Waals surface area contributed by atoms with E-state index in [-0.39, 0.29) is 12.6 Å². The minimum atomic E-state index is -1.03. The van der Waals surface area contributed by atoms with Crippen molar-refractivity contribution in [1.82, 2.24) is 10.2 Å². The van der Waals surface area contributed by atoms with Crippen LogP contribution in [0.1, 0.15) is 37.0 Å². The van der Waals surface area contributed by atoms with Crippen molar-refractivity contribution in [3.05, 3.63) is 106 Å². The molecule has 1 aliphatic rings. The van der Waals surface area contributed by atoms with Crippen molar-refractivity contribution in [2.24, 2.45) is 0 Å². The van der Waals surface area contributed by atoms with Crippen LogP contribution in [-0.4, -0.2) is 46.1 Å². The molecule has 2 amide bonds. The van der Waals surface area contributed by atoms with Gasteiger partial charge in [-0.25, -0.2) is 9.59 Å². The Labute approximate surface area is 231 Å². The quantitative estimate of drug-likeness (QED) is 0.305. The molecule has 38 heavy (non-hydrogen) atoms. The topological polar surface area (TPSA) is 88.1 Å². The predicted molar refractivity (Wildman–Crippen MR) is 149 cm³/mol. The third-order valence-electron chi connectivity index (χ3n) is 6.72. The van der Waals surface area contributed by atoms with Gasteiger partial charge >= 0.3 is 12.2 Å². The van der Waals surface area contributed by atoms with Gasteiger partial charge in [0, 0.05) is 10.5 Å². The highest BCUT2D eigenvalue weighted by atomic mass is 79.9. The molecule has 2 N–H and O–H groups in total. The molecule has 3 atom stereocenters. The van der Waals surface area contributed by atoms with E-state index < -0.39 is 30.1 Å². The molecule has 1 unspecified atom stereocenters. The smallest absolute Gasteiger partial charge is 0.409 e. The van der Waals surface area contributed by atoms with Crippen LogP contribution in [0, 0.1) is 0 Å². The zero-order chi connectivity index (χ0) is 27.1. The second-order valence-corrected chi connectivity index (χ2v) is 10.9. The number of carbonyl (C=O) groups is 2. The van der Waals surface area contributed by atoms with Gasteiger partial charge in [0.1, 0.15) is 12.3 Å². The summed E-state index contributed by atoms with van der Waals surface area (Å²) >= 11 is 3.47. The average molecular weight is 582 g/mol. The largest absolute Gasteiger partial charge is 0.465 e. The Hall–Kier alpha value is -3.36. The number of carboxylic acid groups (broad SMARTS) is 1. The van der Waals surface area contributed by atoms with Crippen molar-refractivity contribution in [3.8, 4) is 0 Å². The first kappa shape index (κ1) is 27.7. The Morgan fingerprint density at radius 1 is 0.974 bits per heavy atom. The molecular formula is C30H33BrN2O5. The number of carbonyl (C=O) groups excluding carboxylic acids is 1. The minimum absolute atomic E-state index is 0.161. The molecule has 1 saturated heterocycles. The highest BCUT2D eigenvalue weighted by molar-refractivity contribution is 9.10. The first-order valence-corrected chi connectivity index (χ1v) is 13.5. The molecule has 0 spiro atoms. The maximum atomic E-state index is 12.8. The van der Waals surface area contributed by atoms with Crippen LogP contribution in [0.2, 0.25) is 0 Å². The lowest BCUT2D eigenvalue weighted by molar-refractivity contribution is -0.0694. The lowest BCUT2D eigenvalue weighted by Gasteiger charge is -2.31. The van der Waals surface area contributed by atoms with Crippen molar-refractivity contribution in [1.29, 1.82) is 0 Å². The molecule has 1 heterocycles. The second-order valence-electron chi connectivity index (χ2n) is 9.98. The molecular weight excluding hydrogens is 548 g/mol. The SMILES string of the molecule is CC1(C)O[C@@H](CC(Cc2ccc(Br)cc2)NC(=O)OCc2ccccc2)[C@H](Cc2ccccc2)N1C(=O)O. The number of amides is 2. The molecule has 1 aliphatic heterocycles. The van der Waals surface area contributed by atoms with E-state index in [0.717, 1.165) is 21.2 Å². The van der Waals surface area contributed by atoms with Crippen molar-refractivity contribution < 1.29 is 24.2 Å². The van der Waals surface area contributed by atoms with Crippen LogP contribution in [0.15, 0.2) is 89.4 Å². The summed E-state index contributed by atoms with van der Waals surface area (Å²) in [5.74, 6) is 0. The molecule has 0 radical (unpaired) electrons. The van der Waals surface area contributed by atoms with Gasteiger partial charge in [0.15, 0.2) is 0 Å². The van der Waals surface area contributed by atoms with Crippen LogP contribution < -0.4 is 5.32 Å². The van der Waals surface area contributed by atoms with Gasteiger partial charge in [-0.1, -0.05) is 88.7 Å². The monoisotopic (exact) mass is 580 g/mol. The van der Waals surface area contributed by atoms with Gasteiger partial charge < -0.3 is 19.9 Å². The molecule has 7 nitrogen and oxygen atoms in total. The van der Waals surface area contributed by atoms with Gasteiger partial charge in [-0.05, 0) is 61.9 Å². The number of benzene rings is 3. The molecule has 3 aromatic carbocycles. The standard InChI is InChI=1S/C30H33BrN2O5/c1-30(2)33(29(35)36)26(18-21-9-5-3-6-10-21)27(38-30)19-25(17-22-13-15-24(31)16-14-22)32-28(34)37-20-23-11-7-4-8-12-23/h3-16,25-27H,17-20H2,1-2H3,(H,32,34)(H,35,36)/t25?,26-,27-/m0/s1. The molecule has 8 heteroatoms. The summed E-state index contributed by atoms with van der Waals surface area (Å²) in [6, 6.07) is 26.4. The number of hydrogen-bond acceptors (Lipinski definition) is 4. The van der Waals surface area contributed by atoms with Crippen LogP contribution in [0.5, 0.6) is 0 Å². The first-order chi connectivity index (χ1) is 18.2. The number of nitrogens with one attached hydrogen (secondary N) is 1. The number of rotatable bonds is 9. The summed E-state index contributed by atoms with van der Waals surface area (Å²) in [7, 11) is 0. The molecule has 0 bridgehead atoms. The van der Waals surface area contributed by atoms with Gasteiger partial charge in [-0.15, -0.1) is 0 Å². The number of halogens is 1. The third kappa shape index (κ3) is 7.36. The molecule has 0 aromatic heterocycles. The Morgan fingerprint density at radius 2 is 1.58 bits per heavy atom. The summed E-state index contributed by atoms with van der Waals surface area (Å²) in [4.78, 5) is 26.6. The highest BCUT2D eigenvalue weighted by Crippen LogP contribution is 2.36. The third-order valence-corrected chi connectivity index (χ3v) is 7.25. The maximum Gasteiger partial charge on any atom is 0.409 e. The number of alkyl carbamates (subject to hydrolysis) is 1. The summed E-state index contributed by atoms with van der Waals surface area (Å²) in [5.41, 5.74) is 1.95. The summed E-state index contributed by atoms with van der Waals surface area (Å²) < 4.78 is 12.8. The average Bonchev–Trinajstić information content (AvgIpc) is 3.14.